The fourth-order valence-corrected chi connectivity index (χ4v) is 3.50. The minimum Gasteiger partial charge on any atom is -0.229 e. The highest BCUT2D eigenvalue weighted by atomic mass is 32.2. The van der Waals surface area contributed by atoms with E-state index in [-0.39, 0.29) is 0 Å². The smallest absolute Gasteiger partial charge is 0.128 e. The van der Waals surface area contributed by atoms with E-state index in [0.29, 0.717) is 5.75 Å². The molecular formula is C14H9N3S2. The molecule has 3 rings (SSSR count). The van der Waals surface area contributed by atoms with Crippen molar-refractivity contribution in [2.45, 2.75) is 5.03 Å². The number of benzene rings is 1. The lowest BCUT2D eigenvalue weighted by molar-refractivity contribution is 1.11. The molecule has 0 saturated carbocycles. The van der Waals surface area contributed by atoms with Gasteiger partial charge in [0.25, 0.3) is 0 Å². The van der Waals surface area contributed by atoms with Crippen molar-refractivity contribution in [2.75, 3.05) is 5.75 Å². The molecule has 2 aromatic heterocycles. The van der Waals surface area contributed by atoms with Crippen molar-refractivity contribution < 1.29 is 0 Å². The Kier molecular flexibility index (Phi) is 3.45. The Morgan fingerprint density at radius 3 is 2.84 bits per heavy atom. The van der Waals surface area contributed by atoms with Crippen LogP contribution in [0.2, 0.25) is 0 Å². The molecule has 0 amide bonds. The molecule has 2 heterocycles. The Labute approximate surface area is 118 Å². The summed E-state index contributed by atoms with van der Waals surface area (Å²) >= 11 is 3.10. The van der Waals surface area contributed by atoms with E-state index in [0.717, 1.165) is 15.2 Å². The second-order valence-corrected chi connectivity index (χ2v) is 5.82. The van der Waals surface area contributed by atoms with Crippen molar-refractivity contribution >= 4 is 33.3 Å². The van der Waals surface area contributed by atoms with E-state index in [2.05, 4.69) is 34.2 Å². The first-order chi connectivity index (χ1) is 9.38. The first-order valence-electron chi connectivity index (χ1n) is 5.68. The number of rotatable bonds is 3. The molecule has 0 N–H and O–H groups in total. The maximum atomic E-state index is 8.67. The van der Waals surface area contributed by atoms with Crippen LogP contribution in [0.25, 0.3) is 20.7 Å². The number of aromatic nitrogens is 2. The van der Waals surface area contributed by atoms with Crippen LogP contribution in [0.3, 0.4) is 0 Å². The molecule has 0 fully saturated rings. The van der Waals surface area contributed by atoms with Crippen LogP contribution in [-0.2, 0) is 0 Å². The predicted molar refractivity (Wildman–Crippen MR) is 79.2 cm³/mol. The van der Waals surface area contributed by atoms with Gasteiger partial charge in [0.1, 0.15) is 16.2 Å². The fourth-order valence-electron chi connectivity index (χ4n) is 1.79. The molecule has 19 heavy (non-hydrogen) atoms. The molecule has 3 nitrogen and oxygen atoms in total. The van der Waals surface area contributed by atoms with Crippen LogP contribution in [0.15, 0.2) is 47.8 Å². The first-order valence-corrected chi connectivity index (χ1v) is 7.48. The number of nitrogens with zero attached hydrogens (tertiary/aromatic N) is 3. The van der Waals surface area contributed by atoms with E-state index in [1.165, 1.54) is 22.2 Å². The van der Waals surface area contributed by atoms with Crippen LogP contribution in [0.4, 0.5) is 0 Å². The van der Waals surface area contributed by atoms with E-state index in [4.69, 9.17) is 5.26 Å². The number of hydrogen-bond acceptors (Lipinski definition) is 5. The molecule has 5 heteroatoms. The zero-order valence-corrected chi connectivity index (χ0v) is 11.5. The highest BCUT2D eigenvalue weighted by molar-refractivity contribution is 7.99. The molecule has 0 radical (unpaired) electrons. The van der Waals surface area contributed by atoms with Crippen LogP contribution < -0.4 is 0 Å². The monoisotopic (exact) mass is 283 g/mol. The van der Waals surface area contributed by atoms with Crippen molar-refractivity contribution in [1.29, 1.82) is 5.26 Å². The topological polar surface area (TPSA) is 49.6 Å². The molecule has 0 bridgehead atoms. The van der Waals surface area contributed by atoms with Crippen molar-refractivity contribution in [3.63, 3.8) is 0 Å². The highest BCUT2D eigenvalue weighted by Gasteiger charge is 2.10. The average Bonchev–Trinajstić information content (AvgIpc) is 2.90. The Morgan fingerprint density at radius 2 is 2.05 bits per heavy atom. The molecule has 92 valence electrons. The predicted octanol–water partition coefficient (Wildman–Crippen LogP) is 3.97. The van der Waals surface area contributed by atoms with Crippen LogP contribution >= 0.6 is 23.1 Å². The van der Waals surface area contributed by atoms with E-state index >= 15 is 0 Å². The van der Waals surface area contributed by atoms with E-state index < -0.39 is 0 Å². The van der Waals surface area contributed by atoms with Gasteiger partial charge in [-0.05, 0) is 11.6 Å². The molecule has 0 aliphatic rings. The summed E-state index contributed by atoms with van der Waals surface area (Å²) in [5, 5.41) is 10.6. The van der Waals surface area contributed by atoms with Gasteiger partial charge in [-0.25, -0.2) is 9.97 Å². The summed E-state index contributed by atoms with van der Waals surface area (Å²) in [6.45, 7) is 0. The summed E-state index contributed by atoms with van der Waals surface area (Å²) in [7, 11) is 0. The first kappa shape index (κ1) is 12.2. The molecular weight excluding hydrogens is 274 g/mol. The molecule has 1 aromatic carbocycles. The Bertz CT molecular complexity index is 744. The zero-order valence-electron chi connectivity index (χ0n) is 9.91. The maximum Gasteiger partial charge on any atom is 0.128 e. The van der Waals surface area contributed by atoms with E-state index in [9.17, 15) is 0 Å². The second kappa shape index (κ2) is 5.39. The average molecular weight is 283 g/mol. The van der Waals surface area contributed by atoms with Crippen molar-refractivity contribution in [2.24, 2.45) is 0 Å². The minimum atomic E-state index is 0.405. The number of thioether (sulfide) groups is 1. The van der Waals surface area contributed by atoms with Crippen molar-refractivity contribution in [3.05, 3.63) is 42.7 Å². The maximum absolute atomic E-state index is 8.67. The third-order valence-corrected chi connectivity index (χ3v) is 4.59. The highest BCUT2D eigenvalue weighted by Crippen LogP contribution is 2.35. The van der Waals surface area contributed by atoms with Crippen LogP contribution in [0, 0.1) is 11.3 Å². The lowest BCUT2D eigenvalue weighted by atomic mass is 10.2. The van der Waals surface area contributed by atoms with Crippen molar-refractivity contribution in [1.82, 2.24) is 9.97 Å². The lowest BCUT2D eigenvalue weighted by Crippen LogP contribution is -1.83. The normalized spacial score (nSPS) is 10.5. The van der Waals surface area contributed by atoms with Crippen LogP contribution in [0.5, 0.6) is 0 Å². The van der Waals surface area contributed by atoms with Gasteiger partial charge in [0, 0.05) is 10.3 Å². The third kappa shape index (κ3) is 2.46. The van der Waals surface area contributed by atoms with Gasteiger partial charge < -0.3 is 0 Å². The SMILES string of the molecule is N#CCSc1ncnc2sc(-c3ccccc3)cc12. The molecule has 0 saturated heterocycles. The standard InChI is InChI=1S/C14H9N3S2/c15-6-7-18-13-11-8-12(10-4-2-1-3-5-10)19-14(11)17-9-16-13/h1-5,8-9H,7H2. The van der Waals surface area contributed by atoms with Gasteiger partial charge in [0.2, 0.25) is 0 Å². The molecule has 0 atom stereocenters. The second-order valence-electron chi connectivity index (χ2n) is 3.82. The summed E-state index contributed by atoms with van der Waals surface area (Å²) in [6.07, 6.45) is 1.56. The summed E-state index contributed by atoms with van der Waals surface area (Å²) in [5.74, 6) is 0.405. The van der Waals surface area contributed by atoms with E-state index in [1.807, 2.05) is 18.2 Å². The number of hydrogen-bond donors (Lipinski definition) is 0. The van der Waals surface area contributed by atoms with Crippen LogP contribution in [0.1, 0.15) is 0 Å². The molecule has 0 aliphatic carbocycles. The van der Waals surface area contributed by atoms with E-state index in [1.54, 1.807) is 17.7 Å². The third-order valence-electron chi connectivity index (χ3n) is 2.62. The number of fused-ring (bicyclic) bond motifs is 1. The Morgan fingerprint density at radius 1 is 1.21 bits per heavy atom. The van der Waals surface area contributed by atoms with Gasteiger partial charge in [0.15, 0.2) is 0 Å². The van der Waals surface area contributed by atoms with Gasteiger partial charge in [-0.3, -0.25) is 0 Å². The summed E-state index contributed by atoms with van der Waals surface area (Å²) in [4.78, 5) is 10.7. The summed E-state index contributed by atoms with van der Waals surface area (Å²) < 4.78 is 0. The zero-order chi connectivity index (χ0) is 13.1. The van der Waals surface area contributed by atoms with Crippen molar-refractivity contribution in [3.8, 4) is 16.5 Å². The molecule has 0 aliphatic heterocycles. The van der Waals surface area contributed by atoms with Gasteiger partial charge in [-0.2, -0.15) is 5.26 Å². The van der Waals surface area contributed by atoms with Gasteiger partial charge >= 0.3 is 0 Å². The largest absolute Gasteiger partial charge is 0.229 e. The number of nitriles is 1. The number of thiophene rings is 1. The summed E-state index contributed by atoms with van der Waals surface area (Å²) in [6, 6.07) is 14.5. The minimum absolute atomic E-state index is 0.405. The van der Waals surface area contributed by atoms with Gasteiger partial charge in [0.05, 0.1) is 11.8 Å². The molecule has 0 spiro atoms. The van der Waals surface area contributed by atoms with Crippen LogP contribution in [-0.4, -0.2) is 15.7 Å². The quantitative estimate of drug-likeness (QED) is 0.539. The summed E-state index contributed by atoms with van der Waals surface area (Å²) in [5.41, 5.74) is 1.18. The fraction of sp³-hybridized carbons (Fsp3) is 0.0714. The van der Waals surface area contributed by atoms with Gasteiger partial charge in [-0.15, -0.1) is 11.3 Å². The van der Waals surface area contributed by atoms with Gasteiger partial charge in [-0.1, -0.05) is 42.1 Å². The molecule has 3 aromatic rings. The molecule has 0 unspecified atom stereocenters. The Balaban J connectivity index is 2.08. The lowest BCUT2D eigenvalue weighted by Gasteiger charge is -1.96. The Hall–Kier alpha value is -1.90.